The predicted octanol–water partition coefficient (Wildman–Crippen LogP) is 1.89. The summed E-state index contributed by atoms with van der Waals surface area (Å²) in [5.41, 5.74) is -0.602. The quantitative estimate of drug-likeness (QED) is 0.679. The van der Waals surface area contributed by atoms with E-state index in [9.17, 15) is 9.90 Å². The Kier molecular flexibility index (Phi) is 9.48. The highest BCUT2D eigenvalue weighted by molar-refractivity contribution is 5.68. The van der Waals surface area contributed by atoms with Crippen molar-refractivity contribution in [3.63, 3.8) is 0 Å². The third-order valence-electron chi connectivity index (χ3n) is 2.50. The molecule has 98 valence electrons. The molecule has 0 rings (SSSR count). The molecule has 0 aliphatic heterocycles. The highest BCUT2D eigenvalue weighted by Gasteiger charge is 2.20. The van der Waals surface area contributed by atoms with Gasteiger partial charge in [0.05, 0.1) is 11.5 Å². The first kappa shape index (κ1) is 17.8. The van der Waals surface area contributed by atoms with Crippen molar-refractivity contribution in [2.24, 2.45) is 11.8 Å². The van der Waals surface area contributed by atoms with Gasteiger partial charge in [0.25, 0.3) is 0 Å². The Balaban J connectivity index is 0. The predicted molar refractivity (Wildman–Crippen MR) is 64.3 cm³/mol. The molecule has 3 N–H and O–H groups in total. The lowest BCUT2D eigenvalue weighted by Gasteiger charge is -2.25. The van der Waals surface area contributed by atoms with Gasteiger partial charge in [-0.25, -0.2) is 0 Å². The van der Waals surface area contributed by atoms with Gasteiger partial charge in [0.2, 0.25) is 0 Å². The van der Waals surface area contributed by atoms with Gasteiger partial charge >= 0.3 is 5.97 Å². The van der Waals surface area contributed by atoms with Gasteiger partial charge in [-0.3, -0.25) is 4.79 Å². The van der Waals surface area contributed by atoms with Crippen LogP contribution in [0.15, 0.2) is 0 Å². The minimum Gasteiger partial charge on any atom is -0.481 e. The Morgan fingerprint density at radius 1 is 1.25 bits per heavy atom. The van der Waals surface area contributed by atoms with Gasteiger partial charge in [-0.15, -0.1) is 0 Å². The summed E-state index contributed by atoms with van der Waals surface area (Å²) in [6, 6.07) is 0. The van der Waals surface area contributed by atoms with Crippen molar-refractivity contribution < 1.29 is 20.1 Å². The van der Waals surface area contributed by atoms with E-state index in [1.165, 1.54) is 0 Å². The van der Waals surface area contributed by atoms with Crippen molar-refractivity contribution in [1.29, 1.82) is 0 Å². The molecule has 0 amide bonds. The first-order chi connectivity index (χ1) is 7.12. The number of aliphatic hydroxyl groups is 2. The monoisotopic (exact) mass is 234 g/mol. The number of carboxylic acid groups (broad SMARTS) is 1. The van der Waals surface area contributed by atoms with E-state index in [0.717, 1.165) is 12.8 Å². The Morgan fingerprint density at radius 2 is 1.62 bits per heavy atom. The summed E-state index contributed by atoms with van der Waals surface area (Å²) in [6.45, 7) is 9.10. The normalized spacial score (nSPS) is 13.0. The van der Waals surface area contributed by atoms with E-state index in [-0.39, 0.29) is 18.4 Å². The number of carboxylic acids is 1. The third kappa shape index (κ3) is 11.5. The maximum absolute atomic E-state index is 9.70. The maximum atomic E-state index is 9.70. The summed E-state index contributed by atoms with van der Waals surface area (Å²) in [6.07, 6.45) is 1.67. The second-order valence-corrected chi connectivity index (χ2v) is 4.91. The molecular formula is C12H26O4. The highest BCUT2D eigenvalue weighted by Crippen LogP contribution is 2.19. The standard InChI is InChI=1S/C8H18O2.C4H8O2/c1-7(5-4-6-9)8(2,3)10;1-3(2)4(5)6/h7,9-10H,4-6H2,1-3H3;3H,1-2H3,(H,5,6). The van der Waals surface area contributed by atoms with Gasteiger partial charge in [-0.1, -0.05) is 20.8 Å². The molecule has 0 aromatic heterocycles. The van der Waals surface area contributed by atoms with Crippen LogP contribution in [0.2, 0.25) is 0 Å². The lowest BCUT2D eigenvalue weighted by molar-refractivity contribution is -0.140. The molecule has 0 aliphatic rings. The summed E-state index contributed by atoms with van der Waals surface area (Å²) in [5, 5.41) is 25.9. The minimum atomic E-state index is -0.741. The summed E-state index contributed by atoms with van der Waals surface area (Å²) in [4.78, 5) is 9.70. The second-order valence-electron chi connectivity index (χ2n) is 4.91. The molecular weight excluding hydrogens is 208 g/mol. The molecule has 4 heteroatoms. The Morgan fingerprint density at radius 3 is 1.81 bits per heavy atom. The first-order valence-electron chi connectivity index (χ1n) is 5.69. The van der Waals surface area contributed by atoms with Crippen molar-refractivity contribution in [3.8, 4) is 0 Å². The number of aliphatic hydroxyl groups excluding tert-OH is 1. The number of carbonyl (C=O) groups is 1. The minimum absolute atomic E-state index is 0.223. The molecule has 0 bridgehead atoms. The zero-order valence-electron chi connectivity index (χ0n) is 11.0. The van der Waals surface area contributed by atoms with E-state index < -0.39 is 11.6 Å². The maximum Gasteiger partial charge on any atom is 0.305 e. The molecule has 4 nitrogen and oxygen atoms in total. The molecule has 16 heavy (non-hydrogen) atoms. The van der Waals surface area contributed by atoms with Crippen LogP contribution in [0.4, 0.5) is 0 Å². The average molecular weight is 234 g/mol. The van der Waals surface area contributed by atoms with E-state index in [0.29, 0.717) is 0 Å². The van der Waals surface area contributed by atoms with Gasteiger partial charge in [-0.05, 0) is 32.6 Å². The second kappa shape index (κ2) is 8.53. The Labute approximate surface area is 98.3 Å². The van der Waals surface area contributed by atoms with Gasteiger partial charge < -0.3 is 15.3 Å². The molecule has 1 unspecified atom stereocenters. The molecule has 0 radical (unpaired) electrons. The summed E-state index contributed by atoms with van der Waals surface area (Å²) >= 11 is 0. The third-order valence-corrected chi connectivity index (χ3v) is 2.50. The van der Waals surface area contributed by atoms with Crippen molar-refractivity contribution in [1.82, 2.24) is 0 Å². The fourth-order valence-corrected chi connectivity index (χ4v) is 0.751. The van der Waals surface area contributed by atoms with Gasteiger partial charge in [0.1, 0.15) is 0 Å². The van der Waals surface area contributed by atoms with Crippen molar-refractivity contribution in [2.45, 2.75) is 53.1 Å². The zero-order valence-corrected chi connectivity index (χ0v) is 11.0. The molecule has 0 spiro atoms. The van der Waals surface area contributed by atoms with Crippen LogP contribution < -0.4 is 0 Å². The van der Waals surface area contributed by atoms with Crippen LogP contribution in [0.1, 0.15) is 47.5 Å². The fraction of sp³-hybridized carbons (Fsp3) is 0.917. The molecule has 0 aromatic rings. The van der Waals surface area contributed by atoms with Crippen LogP contribution in [0.25, 0.3) is 0 Å². The van der Waals surface area contributed by atoms with E-state index in [2.05, 4.69) is 0 Å². The Hall–Kier alpha value is -0.610. The largest absolute Gasteiger partial charge is 0.481 e. The molecule has 0 heterocycles. The van der Waals surface area contributed by atoms with Crippen molar-refractivity contribution in [2.75, 3.05) is 6.61 Å². The topological polar surface area (TPSA) is 77.8 Å². The van der Waals surface area contributed by atoms with Gasteiger partial charge in [0, 0.05) is 6.61 Å². The number of aliphatic carboxylic acids is 1. The van der Waals surface area contributed by atoms with E-state index in [1.54, 1.807) is 27.7 Å². The van der Waals surface area contributed by atoms with Crippen LogP contribution in [0.5, 0.6) is 0 Å². The Bertz CT molecular complexity index is 182. The first-order valence-corrected chi connectivity index (χ1v) is 5.69. The van der Waals surface area contributed by atoms with E-state index in [4.69, 9.17) is 10.2 Å². The fourth-order valence-electron chi connectivity index (χ4n) is 0.751. The lowest BCUT2D eigenvalue weighted by atomic mass is 9.89. The zero-order chi connectivity index (χ0) is 13.4. The van der Waals surface area contributed by atoms with Crippen molar-refractivity contribution >= 4 is 5.97 Å². The lowest BCUT2D eigenvalue weighted by Crippen LogP contribution is -2.28. The van der Waals surface area contributed by atoms with Gasteiger partial charge in [-0.2, -0.15) is 0 Å². The molecule has 1 atom stereocenters. The van der Waals surface area contributed by atoms with Gasteiger partial charge in [0.15, 0.2) is 0 Å². The van der Waals surface area contributed by atoms with E-state index in [1.807, 2.05) is 6.92 Å². The number of rotatable bonds is 5. The van der Waals surface area contributed by atoms with E-state index >= 15 is 0 Å². The smallest absolute Gasteiger partial charge is 0.305 e. The number of hydrogen-bond acceptors (Lipinski definition) is 3. The average Bonchev–Trinajstić information content (AvgIpc) is 2.13. The molecule has 0 aromatic carbocycles. The summed E-state index contributed by atoms with van der Waals surface area (Å²) in [5.74, 6) is -0.709. The van der Waals surface area contributed by atoms with Crippen LogP contribution >= 0.6 is 0 Å². The summed E-state index contributed by atoms with van der Waals surface area (Å²) in [7, 11) is 0. The van der Waals surface area contributed by atoms with Crippen LogP contribution in [0, 0.1) is 11.8 Å². The summed E-state index contributed by atoms with van der Waals surface area (Å²) < 4.78 is 0. The van der Waals surface area contributed by atoms with Crippen molar-refractivity contribution in [3.05, 3.63) is 0 Å². The molecule has 0 saturated heterocycles. The highest BCUT2D eigenvalue weighted by atomic mass is 16.4. The SMILES string of the molecule is CC(C)C(=O)O.CC(CCCO)C(C)(C)O. The molecule has 0 saturated carbocycles. The van der Waals surface area contributed by atoms with Crippen LogP contribution in [0.3, 0.4) is 0 Å². The number of hydrogen-bond donors (Lipinski definition) is 3. The van der Waals surface area contributed by atoms with Crippen LogP contribution in [-0.2, 0) is 4.79 Å². The molecule has 0 fully saturated rings. The van der Waals surface area contributed by atoms with Crippen LogP contribution in [-0.4, -0.2) is 33.5 Å². The molecule has 0 aliphatic carbocycles.